The van der Waals surface area contributed by atoms with Crippen LogP contribution in [-0.2, 0) is 0 Å². The Balaban J connectivity index is 2.86. The van der Waals surface area contributed by atoms with E-state index in [0.29, 0.717) is 0 Å². The van der Waals surface area contributed by atoms with Crippen molar-refractivity contribution < 1.29 is 0 Å². The molecule has 0 aromatic rings. The normalized spacial score (nSPS) is 11.0. The lowest BCUT2D eigenvalue weighted by atomic mass is 10.1. The minimum Gasteiger partial charge on any atom is -0.317 e. The van der Waals surface area contributed by atoms with E-state index in [1.54, 1.807) is 0 Å². The van der Waals surface area contributed by atoms with Crippen molar-refractivity contribution in [1.29, 1.82) is 0 Å². The maximum Gasteiger partial charge on any atom is -0.00489 e. The molecule has 0 aromatic heterocycles. The molecule has 0 radical (unpaired) electrons. The summed E-state index contributed by atoms with van der Waals surface area (Å²) in [7, 11) is 0. The molecule has 0 unspecified atom stereocenters. The van der Waals surface area contributed by atoms with Crippen molar-refractivity contribution >= 4 is 0 Å². The average molecular weight is 255 g/mol. The molecule has 1 heteroatoms. The van der Waals surface area contributed by atoms with E-state index in [0.717, 1.165) is 0 Å². The van der Waals surface area contributed by atoms with Crippen LogP contribution >= 0.6 is 0 Å². The molecule has 110 valence electrons. The Bertz CT molecular complexity index is 118. The van der Waals surface area contributed by atoms with Crippen molar-refractivity contribution in [2.45, 2.75) is 97.3 Å². The van der Waals surface area contributed by atoms with E-state index in [2.05, 4.69) is 19.2 Å². The SMILES string of the molecule is CCCCCCCCCNCCCCCCCC. The van der Waals surface area contributed by atoms with Crippen LogP contribution in [0.1, 0.15) is 97.3 Å². The molecule has 0 atom stereocenters. The highest BCUT2D eigenvalue weighted by Crippen LogP contribution is 2.06. The summed E-state index contributed by atoms with van der Waals surface area (Å²) in [5.41, 5.74) is 0. The molecule has 0 amide bonds. The number of nitrogens with one attached hydrogen (secondary N) is 1. The van der Waals surface area contributed by atoms with Gasteiger partial charge in [0.2, 0.25) is 0 Å². The molecule has 0 saturated heterocycles. The first-order valence-electron chi connectivity index (χ1n) is 8.62. The maximum absolute atomic E-state index is 3.58. The summed E-state index contributed by atoms with van der Waals surface area (Å²) in [6.45, 7) is 7.04. The van der Waals surface area contributed by atoms with Crippen LogP contribution in [0.4, 0.5) is 0 Å². The molecule has 0 spiro atoms. The third-order valence-corrected chi connectivity index (χ3v) is 3.66. The lowest BCUT2D eigenvalue weighted by molar-refractivity contribution is 0.540. The maximum atomic E-state index is 3.58. The summed E-state index contributed by atoms with van der Waals surface area (Å²) in [6.07, 6.45) is 18.4. The fourth-order valence-electron chi connectivity index (χ4n) is 2.36. The number of rotatable bonds is 15. The van der Waals surface area contributed by atoms with Gasteiger partial charge in [-0.15, -0.1) is 0 Å². The first-order chi connectivity index (χ1) is 8.91. The van der Waals surface area contributed by atoms with Gasteiger partial charge in [-0.3, -0.25) is 0 Å². The van der Waals surface area contributed by atoms with Gasteiger partial charge in [0.05, 0.1) is 0 Å². The summed E-state index contributed by atoms with van der Waals surface area (Å²) in [6, 6.07) is 0. The van der Waals surface area contributed by atoms with Crippen molar-refractivity contribution in [2.75, 3.05) is 13.1 Å². The van der Waals surface area contributed by atoms with Crippen molar-refractivity contribution in [1.82, 2.24) is 5.32 Å². The summed E-state index contributed by atoms with van der Waals surface area (Å²) in [4.78, 5) is 0. The van der Waals surface area contributed by atoms with Gasteiger partial charge in [0, 0.05) is 0 Å². The minimum atomic E-state index is 1.24. The lowest BCUT2D eigenvalue weighted by Gasteiger charge is -2.05. The molecule has 0 fully saturated rings. The zero-order valence-corrected chi connectivity index (χ0v) is 13.1. The van der Waals surface area contributed by atoms with E-state index in [1.807, 2.05) is 0 Å². The van der Waals surface area contributed by atoms with Gasteiger partial charge in [0.1, 0.15) is 0 Å². The van der Waals surface area contributed by atoms with Crippen LogP contribution in [0.5, 0.6) is 0 Å². The number of unbranched alkanes of at least 4 members (excludes halogenated alkanes) is 11. The Hall–Kier alpha value is -0.0400. The predicted octanol–water partition coefficient (Wildman–Crippen LogP) is 5.69. The second-order valence-corrected chi connectivity index (χ2v) is 5.64. The van der Waals surface area contributed by atoms with E-state index >= 15 is 0 Å². The van der Waals surface area contributed by atoms with Crippen LogP contribution in [0.2, 0.25) is 0 Å². The van der Waals surface area contributed by atoms with E-state index in [1.165, 1.54) is 96.6 Å². The molecule has 18 heavy (non-hydrogen) atoms. The van der Waals surface area contributed by atoms with Gasteiger partial charge in [-0.1, -0.05) is 84.5 Å². The molecule has 0 aliphatic rings. The predicted molar refractivity (Wildman–Crippen MR) is 84.2 cm³/mol. The van der Waals surface area contributed by atoms with Gasteiger partial charge in [-0.05, 0) is 25.9 Å². The summed E-state index contributed by atoms with van der Waals surface area (Å²) >= 11 is 0. The smallest absolute Gasteiger partial charge is 0.00489 e. The van der Waals surface area contributed by atoms with Gasteiger partial charge in [-0.2, -0.15) is 0 Å². The monoisotopic (exact) mass is 255 g/mol. The first-order valence-corrected chi connectivity index (χ1v) is 8.62. The quantitative estimate of drug-likeness (QED) is 0.371. The summed E-state index contributed by atoms with van der Waals surface area (Å²) < 4.78 is 0. The zero-order valence-electron chi connectivity index (χ0n) is 13.1. The second kappa shape index (κ2) is 17.0. The largest absolute Gasteiger partial charge is 0.317 e. The van der Waals surface area contributed by atoms with Crippen molar-refractivity contribution in [2.24, 2.45) is 0 Å². The van der Waals surface area contributed by atoms with Gasteiger partial charge in [0.15, 0.2) is 0 Å². The Morgan fingerprint density at radius 1 is 0.444 bits per heavy atom. The van der Waals surface area contributed by atoms with Crippen LogP contribution in [0.3, 0.4) is 0 Å². The Morgan fingerprint density at radius 2 is 0.778 bits per heavy atom. The Labute approximate surface area is 116 Å². The third kappa shape index (κ3) is 16.0. The van der Waals surface area contributed by atoms with Crippen molar-refractivity contribution in [3.63, 3.8) is 0 Å². The topological polar surface area (TPSA) is 12.0 Å². The molecule has 1 N–H and O–H groups in total. The van der Waals surface area contributed by atoms with Crippen LogP contribution in [0.25, 0.3) is 0 Å². The van der Waals surface area contributed by atoms with Crippen LogP contribution in [-0.4, -0.2) is 13.1 Å². The molecule has 0 aliphatic heterocycles. The van der Waals surface area contributed by atoms with Crippen molar-refractivity contribution in [3.05, 3.63) is 0 Å². The molecule has 0 bridgehead atoms. The van der Waals surface area contributed by atoms with Gasteiger partial charge >= 0.3 is 0 Å². The highest BCUT2D eigenvalue weighted by atomic mass is 14.8. The Kier molecular flexibility index (Phi) is 16.9. The second-order valence-electron chi connectivity index (χ2n) is 5.64. The highest BCUT2D eigenvalue weighted by Gasteiger charge is 1.92. The fraction of sp³-hybridized carbons (Fsp3) is 1.00. The Morgan fingerprint density at radius 3 is 1.17 bits per heavy atom. The molecule has 0 saturated carbocycles. The van der Waals surface area contributed by atoms with Gasteiger partial charge in [-0.25, -0.2) is 0 Å². The third-order valence-electron chi connectivity index (χ3n) is 3.66. The van der Waals surface area contributed by atoms with Gasteiger partial charge < -0.3 is 5.32 Å². The van der Waals surface area contributed by atoms with Crippen molar-refractivity contribution in [3.8, 4) is 0 Å². The van der Waals surface area contributed by atoms with Gasteiger partial charge in [0.25, 0.3) is 0 Å². The van der Waals surface area contributed by atoms with E-state index in [4.69, 9.17) is 0 Å². The molecular weight excluding hydrogens is 218 g/mol. The zero-order chi connectivity index (χ0) is 13.3. The minimum absolute atomic E-state index is 1.24. The molecule has 0 aliphatic carbocycles. The fourth-order valence-corrected chi connectivity index (χ4v) is 2.36. The summed E-state index contributed by atoms with van der Waals surface area (Å²) in [5.74, 6) is 0. The van der Waals surface area contributed by atoms with E-state index < -0.39 is 0 Å². The number of hydrogen-bond donors (Lipinski definition) is 1. The molecule has 0 rings (SSSR count). The molecule has 1 nitrogen and oxygen atoms in total. The van der Waals surface area contributed by atoms with Crippen LogP contribution in [0, 0.1) is 0 Å². The molecular formula is C17H37N. The van der Waals surface area contributed by atoms with E-state index in [-0.39, 0.29) is 0 Å². The molecule has 0 aromatic carbocycles. The molecule has 0 heterocycles. The first kappa shape index (κ1) is 18.0. The van der Waals surface area contributed by atoms with Crippen LogP contribution in [0.15, 0.2) is 0 Å². The average Bonchev–Trinajstić information content (AvgIpc) is 2.39. The van der Waals surface area contributed by atoms with Crippen LogP contribution < -0.4 is 5.32 Å². The standard InChI is InChI=1S/C17H37N/c1-3-5-7-9-11-13-15-17-18-16-14-12-10-8-6-4-2/h18H,3-17H2,1-2H3. The summed E-state index contributed by atoms with van der Waals surface area (Å²) in [5, 5.41) is 3.58. The number of hydrogen-bond acceptors (Lipinski definition) is 1. The van der Waals surface area contributed by atoms with E-state index in [9.17, 15) is 0 Å². The highest BCUT2D eigenvalue weighted by molar-refractivity contribution is 4.51. The lowest BCUT2D eigenvalue weighted by Crippen LogP contribution is -2.16.